The zero-order valence-electron chi connectivity index (χ0n) is 23.1. The monoisotopic (exact) mass is 524 g/mol. The van der Waals surface area contributed by atoms with Gasteiger partial charge in [0.05, 0.1) is 11.5 Å². The van der Waals surface area contributed by atoms with Gasteiger partial charge in [0, 0.05) is 23.7 Å². The van der Waals surface area contributed by atoms with Crippen LogP contribution in [0.25, 0.3) is 6.08 Å². The van der Waals surface area contributed by atoms with Crippen molar-refractivity contribution in [2.45, 2.75) is 46.6 Å². The Balaban J connectivity index is 1.74. The van der Waals surface area contributed by atoms with E-state index < -0.39 is 41.0 Å². The van der Waals surface area contributed by atoms with E-state index in [-0.39, 0.29) is 6.42 Å². The van der Waals surface area contributed by atoms with Crippen LogP contribution in [0, 0.1) is 45.4 Å². The molecule has 0 heterocycles. The highest BCUT2D eigenvalue weighted by atomic mass is 16.3. The fourth-order valence-electron chi connectivity index (χ4n) is 5.51. The molecule has 3 N–H and O–H groups in total. The lowest BCUT2D eigenvalue weighted by Crippen LogP contribution is -2.57. The van der Waals surface area contributed by atoms with Crippen molar-refractivity contribution in [3.8, 4) is 0 Å². The third-order valence-corrected chi connectivity index (χ3v) is 7.47. The van der Waals surface area contributed by atoms with E-state index >= 15 is 0 Å². The Bertz CT molecular complexity index is 1420. The van der Waals surface area contributed by atoms with E-state index in [4.69, 9.17) is 0 Å². The van der Waals surface area contributed by atoms with Crippen molar-refractivity contribution in [2.24, 2.45) is 17.8 Å². The van der Waals surface area contributed by atoms with Crippen molar-refractivity contribution < 1.29 is 19.5 Å². The third kappa shape index (κ3) is 6.35. The zero-order valence-corrected chi connectivity index (χ0v) is 23.1. The molecule has 4 unspecified atom stereocenters. The van der Waals surface area contributed by atoms with Crippen LogP contribution in [-0.4, -0.2) is 28.3 Å². The molecule has 0 aromatic heterocycles. The SMILES string of the molecule is Cc1ccc(NC(=O)C2C(=O)CC(C)(O)C(C(=O)Nc3ccc(C)cc3C)C2/C=C/c2ccccc2)c(C)c1. The van der Waals surface area contributed by atoms with Gasteiger partial charge in [-0.3, -0.25) is 14.4 Å². The molecule has 2 amide bonds. The van der Waals surface area contributed by atoms with Gasteiger partial charge in [-0.1, -0.05) is 77.9 Å². The van der Waals surface area contributed by atoms with Gasteiger partial charge in [0.25, 0.3) is 0 Å². The Labute approximate surface area is 230 Å². The molecule has 0 saturated heterocycles. The number of rotatable bonds is 6. The first kappa shape index (κ1) is 28.0. The van der Waals surface area contributed by atoms with Crippen molar-refractivity contribution in [1.82, 2.24) is 0 Å². The number of aliphatic hydroxyl groups is 1. The second kappa shape index (κ2) is 11.4. The number of amides is 2. The molecule has 39 heavy (non-hydrogen) atoms. The highest BCUT2D eigenvalue weighted by molar-refractivity contribution is 6.10. The molecule has 3 aromatic rings. The summed E-state index contributed by atoms with van der Waals surface area (Å²) >= 11 is 0. The number of hydrogen-bond acceptors (Lipinski definition) is 4. The van der Waals surface area contributed by atoms with Gasteiger partial charge in [0.15, 0.2) is 0 Å². The van der Waals surface area contributed by atoms with Crippen LogP contribution < -0.4 is 10.6 Å². The van der Waals surface area contributed by atoms with Crippen molar-refractivity contribution >= 4 is 35.0 Å². The molecule has 3 aromatic carbocycles. The third-order valence-electron chi connectivity index (χ3n) is 7.47. The lowest BCUT2D eigenvalue weighted by molar-refractivity contribution is -0.152. The van der Waals surface area contributed by atoms with Gasteiger partial charge < -0.3 is 15.7 Å². The zero-order chi connectivity index (χ0) is 28.3. The normalized spacial score (nSPS) is 23.0. The summed E-state index contributed by atoms with van der Waals surface area (Å²) in [4.78, 5) is 40.9. The quantitative estimate of drug-likeness (QED) is 0.356. The predicted octanol–water partition coefficient (Wildman–Crippen LogP) is 5.78. The second-order valence-corrected chi connectivity index (χ2v) is 10.9. The van der Waals surface area contributed by atoms with E-state index in [2.05, 4.69) is 10.6 Å². The van der Waals surface area contributed by atoms with Crippen LogP contribution in [0.5, 0.6) is 0 Å². The van der Waals surface area contributed by atoms with Gasteiger partial charge in [0.1, 0.15) is 11.7 Å². The summed E-state index contributed by atoms with van der Waals surface area (Å²) in [5.41, 5.74) is 4.32. The molecule has 0 radical (unpaired) electrons. The standard InChI is InChI=1S/C33H36N2O4/c1-20-11-15-26(22(3)17-20)34-31(37)29-25(14-13-24-9-7-6-8-10-24)30(33(5,39)19-28(29)36)32(38)35-27-16-12-21(2)18-23(27)4/h6-18,25,29-30,39H,19H2,1-5H3,(H,34,37)(H,35,38)/b14-13+. The van der Waals surface area contributed by atoms with Crippen LogP contribution in [0.3, 0.4) is 0 Å². The Hall–Kier alpha value is -4.03. The summed E-state index contributed by atoms with van der Waals surface area (Å²) in [5, 5.41) is 17.3. The molecular weight excluding hydrogens is 488 g/mol. The molecule has 6 heteroatoms. The fourth-order valence-corrected chi connectivity index (χ4v) is 5.51. The van der Waals surface area contributed by atoms with E-state index in [1.807, 2.05) is 94.4 Å². The summed E-state index contributed by atoms with van der Waals surface area (Å²) in [7, 11) is 0. The van der Waals surface area contributed by atoms with E-state index in [1.165, 1.54) is 6.92 Å². The van der Waals surface area contributed by atoms with Crippen LogP contribution in [0.1, 0.15) is 41.2 Å². The largest absolute Gasteiger partial charge is 0.389 e. The van der Waals surface area contributed by atoms with Crippen LogP contribution in [-0.2, 0) is 14.4 Å². The molecule has 0 bridgehead atoms. The minimum Gasteiger partial charge on any atom is -0.389 e. The Morgan fingerprint density at radius 2 is 1.38 bits per heavy atom. The van der Waals surface area contributed by atoms with Crippen molar-refractivity contribution in [2.75, 3.05) is 10.6 Å². The van der Waals surface area contributed by atoms with E-state index in [9.17, 15) is 19.5 Å². The summed E-state index contributed by atoms with van der Waals surface area (Å²) in [6.45, 7) is 9.23. The first-order chi connectivity index (χ1) is 18.5. The van der Waals surface area contributed by atoms with E-state index in [0.717, 1.165) is 27.8 Å². The van der Waals surface area contributed by atoms with E-state index in [0.29, 0.717) is 11.4 Å². The minimum absolute atomic E-state index is 0.307. The number of aryl methyl sites for hydroxylation is 4. The maximum absolute atomic E-state index is 13.8. The lowest BCUT2D eigenvalue weighted by Gasteiger charge is -2.43. The van der Waals surface area contributed by atoms with Crippen LogP contribution >= 0.6 is 0 Å². The number of ketones is 1. The Morgan fingerprint density at radius 3 is 1.92 bits per heavy atom. The van der Waals surface area contributed by atoms with Gasteiger partial charge in [0.2, 0.25) is 11.8 Å². The molecular formula is C33H36N2O4. The van der Waals surface area contributed by atoms with Gasteiger partial charge >= 0.3 is 0 Å². The number of hydrogen-bond donors (Lipinski definition) is 3. The average molecular weight is 525 g/mol. The molecule has 4 atom stereocenters. The molecule has 0 aliphatic heterocycles. The number of carbonyl (C=O) groups is 3. The lowest BCUT2D eigenvalue weighted by atomic mass is 9.63. The van der Waals surface area contributed by atoms with Gasteiger partial charge in [-0.05, 0) is 63.4 Å². The molecule has 0 spiro atoms. The van der Waals surface area contributed by atoms with Crippen molar-refractivity contribution in [1.29, 1.82) is 0 Å². The highest BCUT2D eigenvalue weighted by Gasteiger charge is 2.54. The number of nitrogens with one attached hydrogen (secondary N) is 2. The maximum atomic E-state index is 13.8. The number of benzene rings is 3. The van der Waals surface area contributed by atoms with Crippen LogP contribution in [0.15, 0.2) is 72.8 Å². The minimum atomic E-state index is -1.65. The smallest absolute Gasteiger partial charge is 0.235 e. The number of allylic oxidation sites excluding steroid dienone is 1. The number of carbonyl (C=O) groups excluding carboxylic acids is 3. The van der Waals surface area contributed by atoms with Gasteiger partial charge in [-0.2, -0.15) is 0 Å². The topological polar surface area (TPSA) is 95.5 Å². The number of Topliss-reactive ketones (excluding diaryl/α,β-unsaturated/α-hetero) is 1. The van der Waals surface area contributed by atoms with Crippen molar-refractivity contribution in [3.05, 3.63) is 101 Å². The second-order valence-electron chi connectivity index (χ2n) is 10.9. The summed E-state index contributed by atoms with van der Waals surface area (Å²) in [6, 6.07) is 20.8. The maximum Gasteiger partial charge on any atom is 0.235 e. The summed E-state index contributed by atoms with van der Waals surface area (Å²) in [5.74, 6) is -4.41. The van der Waals surface area contributed by atoms with Crippen LogP contribution in [0.2, 0.25) is 0 Å². The molecule has 1 aliphatic rings. The molecule has 202 valence electrons. The first-order valence-electron chi connectivity index (χ1n) is 13.2. The van der Waals surface area contributed by atoms with Gasteiger partial charge in [-0.15, -0.1) is 0 Å². The molecule has 6 nitrogen and oxygen atoms in total. The average Bonchev–Trinajstić information content (AvgIpc) is 2.85. The highest BCUT2D eigenvalue weighted by Crippen LogP contribution is 2.42. The summed E-state index contributed by atoms with van der Waals surface area (Å²) < 4.78 is 0. The Morgan fingerprint density at radius 1 is 0.846 bits per heavy atom. The number of anilines is 2. The van der Waals surface area contributed by atoms with Crippen molar-refractivity contribution in [3.63, 3.8) is 0 Å². The predicted molar refractivity (Wildman–Crippen MR) is 155 cm³/mol. The molecule has 1 fully saturated rings. The van der Waals surface area contributed by atoms with Crippen LogP contribution in [0.4, 0.5) is 11.4 Å². The Kier molecular flexibility index (Phi) is 8.17. The van der Waals surface area contributed by atoms with E-state index in [1.54, 1.807) is 12.2 Å². The summed E-state index contributed by atoms with van der Waals surface area (Å²) in [6.07, 6.45) is 3.21. The van der Waals surface area contributed by atoms with Gasteiger partial charge in [-0.25, -0.2) is 0 Å². The molecule has 1 aliphatic carbocycles. The molecule has 1 saturated carbocycles. The molecule has 4 rings (SSSR count). The first-order valence-corrected chi connectivity index (χ1v) is 13.2. The fraction of sp³-hybridized carbons (Fsp3) is 0.303.